The maximum absolute atomic E-state index is 5.77. The van der Waals surface area contributed by atoms with E-state index in [1.807, 2.05) is 24.4 Å². The molecule has 0 saturated heterocycles. The van der Waals surface area contributed by atoms with E-state index >= 15 is 0 Å². The van der Waals surface area contributed by atoms with Crippen LogP contribution in [0, 0.1) is 0 Å². The van der Waals surface area contributed by atoms with E-state index < -0.39 is 0 Å². The summed E-state index contributed by atoms with van der Waals surface area (Å²) >= 11 is 1.78. The molecule has 2 rings (SSSR count). The van der Waals surface area contributed by atoms with Crippen molar-refractivity contribution >= 4 is 17.4 Å². The van der Waals surface area contributed by atoms with Gasteiger partial charge in [0, 0.05) is 29.4 Å². The molecule has 78 valence electrons. The molecule has 0 unspecified atom stereocenters. The lowest BCUT2D eigenvalue weighted by Gasteiger charge is -2.07. The summed E-state index contributed by atoms with van der Waals surface area (Å²) in [5, 5.41) is 0. The van der Waals surface area contributed by atoms with Crippen LogP contribution in [0.5, 0.6) is 0 Å². The number of aromatic nitrogens is 2. The monoisotopic (exact) mass is 219 g/mol. The number of hydrogen-bond acceptors (Lipinski definition) is 3. The molecule has 3 N–H and O–H groups in total. The largest absolute Gasteiger partial charge is 0.399 e. The SMILES string of the molecule is CSCc1cc(N)ccc1-c1ncc[nH]1. The summed E-state index contributed by atoms with van der Waals surface area (Å²) in [4.78, 5) is 7.36. The van der Waals surface area contributed by atoms with Gasteiger partial charge in [-0.15, -0.1) is 0 Å². The molecule has 1 aromatic carbocycles. The number of benzene rings is 1. The second-order valence-electron chi connectivity index (χ2n) is 3.29. The predicted molar refractivity (Wildman–Crippen MR) is 65.7 cm³/mol. The molecule has 0 spiro atoms. The lowest BCUT2D eigenvalue weighted by molar-refractivity contribution is 1.28. The van der Waals surface area contributed by atoms with E-state index in [2.05, 4.69) is 16.2 Å². The van der Waals surface area contributed by atoms with E-state index in [9.17, 15) is 0 Å². The minimum absolute atomic E-state index is 0.800. The van der Waals surface area contributed by atoms with Crippen LogP contribution in [0.3, 0.4) is 0 Å². The summed E-state index contributed by atoms with van der Waals surface area (Å²) in [5.74, 6) is 1.85. The van der Waals surface area contributed by atoms with Crippen molar-refractivity contribution in [2.45, 2.75) is 5.75 Å². The highest BCUT2D eigenvalue weighted by molar-refractivity contribution is 7.97. The average molecular weight is 219 g/mol. The van der Waals surface area contributed by atoms with Gasteiger partial charge in [0.15, 0.2) is 0 Å². The summed E-state index contributed by atoms with van der Waals surface area (Å²) < 4.78 is 0. The Labute approximate surface area is 93.1 Å². The Bertz CT molecular complexity index is 437. The summed E-state index contributed by atoms with van der Waals surface area (Å²) in [6.07, 6.45) is 5.66. The van der Waals surface area contributed by atoms with Crippen molar-refractivity contribution in [3.05, 3.63) is 36.2 Å². The molecule has 2 aromatic rings. The number of nitrogens with zero attached hydrogens (tertiary/aromatic N) is 1. The Morgan fingerprint density at radius 3 is 3.00 bits per heavy atom. The lowest BCUT2D eigenvalue weighted by Crippen LogP contribution is -1.92. The topological polar surface area (TPSA) is 54.7 Å². The highest BCUT2D eigenvalue weighted by Crippen LogP contribution is 2.25. The first-order valence-electron chi connectivity index (χ1n) is 4.68. The molecule has 0 aliphatic carbocycles. The number of nitrogen functional groups attached to an aromatic ring is 1. The minimum atomic E-state index is 0.800. The number of aromatic amines is 1. The molecule has 0 saturated carbocycles. The Hall–Kier alpha value is -1.42. The minimum Gasteiger partial charge on any atom is -0.399 e. The van der Waals surface area contributed by atoms with Crippen LogP contribution < -0.4 is 5.73 Å². The molecule has 0 atom stereocenters. The van der Waals surface area contributed by atoms with Crippen LogP contribution in [0.1, 0.15) is 5.56 Å². The summed E-state index contributed by atoms with van der Waals surface area (Å²) in [5.41, 5.74) is 8.92. The maximum atomic E-state index is 5.77. The van der Waals surface area contributed by atoms with Gasteiger partial charge in [-0.3, -0.25) is 0 Å². The van der Waals surface area contributed by atoms with Crippen LogP contribution in [-0.4, -0.2) is 16.2 Å². The first-order chi connectivity index (χ1) is 7.31. The standard InChI is InChI=1S/C11H13N3S/c1-15-7-8-6-9(12)2-3-10(8)11-13-4-5-14-11/h2-6H,7,12H2,1H3,(H,13,14). The third kappa shape index (κ3) is 2.15. The fourth-order valence-electron chi connectivity index (χ4n) is 1.53. The van der Waals surface area contributed by atoms with E-state index in [1.54, 1.807) is 18.0 Å². The molecular formula is C11H13N3S. The first kappa shape index (κ1) is 10.1. The molecule has 0 aliphatic rings. The van der Waals surface area contributed by atoms with Crippen molar-refractivity contribution in [2.24, 2.45) is 0 Å². The second kappa shape index (κ2) is 4.40. The molecule has 0 fully saturated rings. The zero-order chi connectivity index (χ0) is 10.7. The molecule has 0 aliphatic heterocycles. The van der Waals surface area contributed by atoms with Crippen LogP contribution in [0.2, 0.25) is 0 Å². The van der Waals surface area contributed by atoms with Crippen molar-refractivity contribution < 1.29 is 0 Å². The number of H-pyrrole nitrogens is 1. The molecule has 0 amide bonds. The number of imidazole rings is 1. The van der Waals surface area contributed by atoms with E-state index in [-0.39, 0.29) is 0 Å². The number of rotatable bonds is 3. The van der Waals surface area contributed by atoms with Crippen molar-refractivity contribution in [3.63, 3.8) is 0 Å². The summed E-state index contributed by atoms with van der Waals surface area (Å²) in [7, 11) is 0. The number of nitrogens with two attached hydrogens (primary N) is 1. The number of hydrogen-bond donors (Lipinski definition) is 2. The smallest absolute Gasteiger partial charge is 0.137 e. The second-order valence-corrected chi connectivity index (χ2v) is 4.15. The van der Waals surface area contributed by atoms with E-state index in [1.165, 1.54) is 5.56 Å². The first-order valence-corrected chi connectivity index (χ1v) is 6.07. The van der Waals surface area contributed by atoms with Gasteiger partial charge in [0.2, 0.25) is 0 Å². The Kier molecular flexibility index (Phi) is 2.97. The van der Waals surface area contributed by atoms with Gasteiger partial charge < -0.3 is 10.7 Å². The van der Waals surface area contributed by atoms with E-state index in [4.69, 9.17) is 5.73 Å². The van der Waals surface area contributed by atoms with Crippen LogP contribution in [0.4, 0.5) is 5.69 Å². The average Bonchev–Trinajstić information content (AvgIpc) is 2.71. The number of thioether (sulfide) groups is 1. The molecule has 15 heavy (non-hydrogen) atoms. The number of nitrogens with one attached hydrogen (secondary N) is 1. The van der Waals surface area contributed by atoms with Gasteiger partial charge in [0.25, 0.3) is 0 Å². The van der Waals surface area contributed by atoms with Crippen LogP contribution >= 0.6 is 11.8 Å². The van der Waals surface area contributed by atoms with Crippen LogP contribution in [-0.2, 0) is 5.75 Å². The lowest BCUT2D eigenvalue weighted by atomic mass is 10.1. The Morgan fingerprint density at radius 1 is 1.47 bits per heavy atom. The summed E-state index contributed by atoms with van der Waals surface area (Å²) in [6.45, 7) is 0. The molecule has 0 bridgehead atoms. The fraction of sp³-hybridized carbons (Fsp3) is 0.182. The van der Waals surface area contributed by atoms with Gasteiger partial charge >= 0.3 is 0 Å². The van der Waals surface area contributed by atoms with Crippen LogP contribution in [0.15, 0.2) is 30.6 Å². The zero-order valence-corrected chi connectivity index (χ0v) is 9.34. The third-order valence-electron chi connectivity index (χ3n) is 2.18. The zero-order valence-electron chi connectivity index (χ0n) is 8.53. The molecule has 4 heteroatoms. The van der Waals surface area contributed by atoms with Crippen LogP contribution in [0.25, 0.3) is 11.4 Å². The highest BCUT2D eigenvalue weighted by atomic mass is 32.2. The van der Waals surface area contributed by atoms with Gasteiger partial charge in [0.05, 0.1) is 0 Å². The van der Waals surface area contributed by atoms with Gasteiger partial charge in [-0.25, -0.2) is 4.98 Å². The van der Waals surface area contributed by atoms with E-state index in [0.717, 1.165) is 22.8 Å². The molecule has 1 heterocycles. The van der Waals surface area contributed by atoms with Crippen molar-refractivity contribution in [3.8, 4) is 11.4 Å². The van der Waals surface area contributed by atoms with Gasteiger partial charge in [-0.1, -0.05) is 0 Å². The maximum Gasteiger partial charge on any atom is 0.137 e. The van der Waals surface area contributed by atoms with Crippen molar-refractivity contribution in [2.75, 3.05) is 12.0 Å². The highest BCUT2D eigenvalue weighted by Gasteiger charge is 2.06. The van der Waals surface area contributed by atoms with Gasteiger partial charge in [-0.05, 0) is 30.0 Å². The Balaban J connectivity index is 2.46. The molecular weight excluding hydrogens is 206 g/mol. The van der Waals surface area contributed by atoms with Gasteiger partial charge in [-0.2, -0.15) is 11.8 Å². The third-order valence-corrected chi connectivity index (χ3v) is 2.78. The van der Waals surface area contributed by atoms with Gasteiger partial charge in [0.1, 0.15) is 5.82 Å². The quantitative estimate of drug-likeness (QED) is 0.780. The summed E-state index contributed by atoms with van der Waals surface area (Å²) in [6, 6.07) is 5.93. The van der Waals surface area contributed by atoms with E-state index in [0.29, 0.717) is 0 Å². The molecule has 1 aromatic heterocycles. The predicted octanol–water partition coefficient (Wildman–Crippen LogP) is 2.52. The molecule has 0 radical (unpaired) electrons. The fourth-order valence-corrected chi connectivity index (χ4v) is 2.08. The van der Waals surface area contributed by atoms with Crippen molar-refractivity contribution in [1.82, 2.24) is 9.97 Å². The Morgan fingerprint density at radius 2 is 2.33 bits per heavy atom. The normalized spacial score (nSPS) is 10.5. The number of anilines is 1. The molecule has 3 nitrogen and oxygen atoms in total. The van der Waals surface area contributed by atoms with Crippen molar-refractivity contribution in [1.29, 1.82) is 0 Å².